The highest BCUT2D eigenvalue weighted by Gasteiger charge is 2.12. The molecule has 15 heavy (non-hydrogen) atoms. The number of nitrogens with two attached hydrogens (primary N) is 1. The van der Waals surface area contributed by atoms with E-state index in [2.05, 4.69) is 0 Å². The molecule has 1 heterocycles. The normalized spacial score (nSPS) is 9.60. The zero-order valence-electron chi connectivity index (χ0n) is 8.35. The number of nitrogens with zero attached hydrogens (tertiary/aromatic N) is 2. The monoisotopic (exact) mass is 207 g/mol. The number of carbonyl (C=O) groups is 1. The molecule has 5 heteroatoms. The van der Waals surface area contributed by atoms with E-state index in [-0.39, 0.29) is 12.5 Å². The molecule has 0 unspecified atom stereocenters. The van der Waals surface area contributed by atoms with Crippen molar-refractivity contribution in [1.82, 2.24) is 4.90 Å². The van der Waals surface area contributed by atoms with Gasteiger partial charge in [-0.1, -0.05) is 0 Å². The van der Waals surface area contributed by atoms with Gasteiger partial charge in [0.2, 0.25) is 5.91 Å². The molecule has 2 N–H and O–H groups in total. The van der Waals surface area contributed by atoms with Crippen LogP contribution in [0.4, 0.5) is 0 Å². The van der Waals surface area contributed by atoms with E-state index in [9.17, 15) is 4.79 Å². The molecule has 80 valence electrons. The highest BCUT2D eigenvalue weighted by Crippen LogP contribution is 2.05. The van der Waals surface area contributed by atoms with Crippen LogP contribution in [0.25, 0.3) is 0 Å². The zero-order chi connectivity index (χ0) is 11.1. The molecule has 5 nitrogen and oxygen atoms in total. The Morgan fingerprint density at radius 3 is 3.00 bits per heavy atom. The molecule has 0 fully saturated rings. The van der Waals surface area contributed by atoms with E-state index >= 15 is 0 Å². The van der Waals surface area contributed by atoms with Gasteiger partial charge in [-0.15, -0.1) is 0 Å². The molecule has 0 aliphatic heterocycles. The first-order chi connectivity index (χ1) is 7.27. The van der Waals surface area contributed by atoms with Crippen molar-refractivity contribution in [3.8, 4) is 6.07 Å². The number of rotatable bonds is 5. The molecule has 0 spiro atoms. The Morgan fingerprint density at radius 1 is 1.67 bits per heavy atom. The number of nitriles is 1. The SMILES string of the molecule is N#CCCN(Cc1ccco1)C(=O)CN. The summed E-state index contributed by atoms with van der Waals surface area (Å²) in [6.07, 6.45) is 1.84. The van der Waals surface area contributed by atoms with E-state index in [4.69, 9.17) is 15.4 Å². The van der Waals surface area contributed by atoms with Gasteiger partial charge in [-0.3, -0.25) is 4.79 Å². The summed E-state index contributed by atoms with van der Waals surface area (Å²) >= 11 is 0. The van der Waals surface area contributed by atoms with Gasteiger partial charge >= 0.3 is 0 Å². The average molecular weight is 207 g/mol. The van der Waals surface area contributed by atoms with Gasteiger partial charge in [0.05, 0.1) is 31.8 Å². The van der Waals surface area contributed by atoms with Crippen LogP contribution in [0.1, 0.15) is 12.2 Å². The summed E-state index contributed by atoms with van der Waals surface area (Å²) in [5.74, 6) is 0.511. The first-order valence-electron chi connectivity index (χ1n) is 4.65. The van der Waals surface area contributed by atoms with Crippen LogP contribution in [0.2, 0.25) is 0 Å². The molecular weight excluding hydrogens is 194 g/mol. The minimum Gasteiger partial charge on any atom is -0.467 e. The van der Waals surface area contributed by atoms with Gasteiger partial charge in [0.15, 0.2) is 0 Å². The smallest absolute Gasteiger partial charge is 0.236 e. The summed E-state index contributed by atoms with van der Waals surface area (Å²) < 4.78 is 5.12. The first-order valence-corrected chi connectivity index (χ1v) is 4.65. The fraction of sp³-hybridized carbons (Fsp3) is 0.400. The number of hydrogen-bond donors (Lipinski definition) is 1. The van der Waals surface area contributed by atoms with Crippen molar-refractivity contribution in [2.45, 2.75) is 13.0 Å². The van der Waals surface area contributed by atoms with Crippen LogP contribution >= 0.6 is 0 Å². The van der Waals surface area contributed by atoms with Gasteiger partial charge in [-0.05, 0) is 12.1 Å². The van der Waals surface area contributed by atoms with E-state index in [1.807, 2.05) is 6.07 Å². The summed E-state index contributed by atoms with van der Waals surface area (Å²) in [7, 11) is 0. The maximum absolute atomic E-state index is 11.4. The quantitative estimate of drug-likeness (QED) is 0.761. The Morgan fingerprint density at radius 2 is 2.47 bits per heavy atom. The zero-order valence-corrected chi connectivity index (χ0v) is 8.35. The minimum absolute atomic E-state index is 0.0495. The maximum atomic E-state index is 11.4. The number of amides is 1. The molecule has 0 aliphatic carbocycles. The summed E-state index contributed by atoms with van der Waals surface area (Å²) in [4.78, 5) is 12.9. The lowest BCUT2D eigenvalue weighted by Crippen LogP contribution is -2.36. The second kappa shape index (κ2) is 5.83. The third-order valence-corrected chi connectivity index (χ3v) is 1.95. The Labute approximate surface area is 88.1 Å². The molecule has 0 radical (unpaired) electrons. The van der Waals surface area contributed by atoms with Crippen molar-refractivity contribution in [3.05, 3.63) is 24.2 Å². The van der Waals surface area contributed by atoms with Gasteiger partial charge in [-0.2, -0.15) is 5.26 Å². The summed E-state index contributed by atoms with van der Waals surface area (Å²) in [6.45, 7) is 0.698. The van der Waals surface area contributed by atoms with Gasteiger partial charge in [-0.25, -0.2) is 0 Å². The van der Waals surface area contributed by atoms with Crippen LogP contribution in [0.15, 0.2) is 22.8 Å². The van der Waals surface area contributed by atoms with Gasteiger partial charge in [0, 0.05) is 6.54 Å². The van der Waals surface area contributed by atoms with Crippen LogP contribution in [0.5, 0.6) is 0 Å². The van der Waals surface area contributed by atoms with E-state index in [0.717, 1.165) is 0 Å². The minimum atomic E-state index is -0.179. The van der Waals surface area contributed by atoms with Crippen LogP contribution in [0.3, 0.4) is 0 Å². The fourth-order valence-electron chi connectivity index (χ4n) is 1.20. The highest BCUT2D eigenvalue weighted by molar-refractivity contribution is 5.77. The van der Waals surface area contributed by atoms with Crippen molar-refractivity contribution in [3.63, 3.8) is 0 Å². The molecule has 0 saturated carbocycles. The lowest BCUT2D eigenvalue weighted by atomic mass is 10.3. The lowest BCUT2D eigenvalue weighted by molar-refractivity contribution is -0.130. The standard InChI is InChI=1S/C10H13N3O2/c11-4-2-5-13(10(14)7-12)8-9-3-1-6-15-9/h1,3,6H,2,5,7-8,12H2. The summed E-state index contributed by atoms with van der Waals surface area (Å²) in [5.41, 5.74) is 5.27. The first kappa shape index (κ1) is 11.3. The van der Waals surface area contributed by atoms with E-state index < -0.39 is 0 Å². The van der Waals surface area contributed by atoms with Crippen LogP contribution in [-0.2, 0) is 11.3 Å². The molecule has 0 bridgehead atoms. The third-order valence-electron chi connectivity index (χ3n) is 1.95. The molecule has 1 rings (SSSR count). The number of hydrogen-bond acceptors (Lipinski definition) is 4. The second-order valence-corrected chi connectivity index (χ2v) is 3.01. The van der Waals surface area contributed by atoms with Crippen molar-refractivity contribution in [2.75, 3.05) is 13.1 Å². The predicted molar refractivity (Wildman–Crippen MR) is 53.4 cm³/mol. The Hall–Kier alpha value is -1.80. The fourth-order valence-corrected chi connectivity index (χ4v) is 1.20. The topological polar surface area (TPSA) is 83.3 Å². The molecule has 0 saturated heterocycles. The molecule has 0 aliphatic rings. The molecule has 1 aromatic rings. The molecule has 1 aromatic heterocycles. The molecular formula is C10H13N3O2. The van der Waals surface area contributed by atoms with E-state index in [0.29, 0.717) is 25.3 Å². The van der Waals surface area contributed by atoms with Gasteiger partial charge in [0.1, 0.15) is 5.76 Å². The van der Waals surface area contributed by atoms with Crippen molar-refractivity contribution in [2.24, 2.45) is 5.73 Å². The highest BCUT2D eigenvalue weighted by atomic mass is 16.3. The molecule has 0 aromatic carbocycles. The number of furan rings is 1. The predicted octanol–water partition coefficient (Wildman–Crippen LogP) is 0.481. The lowest BCUT2D eigenvalue weighted by Gasteiger charge is -2.19. The largest absolute Gasteiger partial charge is 0.467 e. The Kier molecular flexibility index (Phi) is 4.38. The van der Waals surface area contributed by atoms with Crippen molar-refractivity contribution in [1.29, 1.82) is 5.26 Å². The Bertz CT molecular complexity index is 340. The van der Waals surface area contributed by atoms with E-state index in [1.54, 1.807) is 18.4 Å². The molecule has 0 atom stereocenters. The van der Waals surface area contributed by atoms with Gasteiger partial charge < -0.3 is 15.1 Å². The van der Waals surface area contributed by atoms with Crippen LogP contribution in [0, 0.1) is 11.3 Å². The maximum Gasteiger partial charge on any atom is 0.236 e. The van der Waals surface area contributed by atoms with Gasteiger partial charge in [0.25, 0.3) is 0 Å². The van der Waals surface area contributed by atoms with Crippen molar-refractivity contribution >= 4 is 5.91 Å². The summed E-state index contributed by atoms with van der Waals surface area (Å²) in [5, 5.41) is 8.45. The van der Waals surface area contributed by atoms with Crippen molar-refractivity contribution < 1.29 is 9.21 Å². The molecule has 1 amide bonds. The Balaban J connectivity index is 2.57. The number of carbonyl (C=O) groups excluding carboxylic acids is 1. The van der Waals surface area contributed by atoms with Crippen LogP contribution < -0.4 is 5.73 Å². The van der Waals surface area contributed by atoms with E-state index in [1.165, 1.54) is 4.90 Å². The third kappa shape index (κ3) is 3.44. The average Bonchev–Trinajstić information content (AvgIpc) is 2.75. The second-order valence-electron chi connectivity index (χ2n) is 3.01. The van der Waals surface area contributed by atoms with Crippen LogP contribution in [-0.4, -0.2) is 23.9 Å². The summed E-state index contributed by atoms with van der Waals surface area (Å²) in [6, 6.07) is 5.53.